The zero-order valence-corrected chi connectivity index (χ0v) is 12.9. The average molecular weight is 343 g/mol. The lowest BCUT2D eigenvalue weighted by Crippen LogP contribution is -2.14. The number of nitrogens with one attached hydrogen (secondary N) is 2. The van der Waals surface area contributed by atoms with Crippen LogP contribution in [0.4, 0.5) is 11.4 Å². The molecule has 3 N–H and O–H groups in total. The fourth-order valence-electron chi connectivity index (χ4n) is 1.65. The summed E-state index contributed by atoms with van der Waals surface area (Å²) in [6, 6.07) is 4.24. The largest absolute Gasteiger partial charge is 0.506 e. The van der Waals surface area contributed by atoms with Gasteiger partial charge in [-0.05, 0) is 25.1 Å². The second kappa shape index (κ2) is 6.67. The van der Waals surface area contributed by atoms with Crippen molar-refractivity contribution in [3.8, 4) is 5.75 Å². The molecule has 2 rings (SSSR count). The fourth-order valence-corrected chi connectivity index (χ4v) is 2.63. The molecule has 0 fully saturated rings. The number of H-pyrrole nitrogens is 1. The predicted molar refractivity (Wildman–Crippen MR) is 82.4 cm³/mol. The summed E-state index contributed by atoms with van der Waals surface area (Å²) in [7, 11) is 0. The number of carbonyl (C=O) groups is 1. The number of aromatic nitrogens is 2. The number of nitrogens with zero attached hydrogens (tertiary/aromatic N) is 2. The average Bonchev–Trinajstić information content (AvgIpc) is 2.82. The number of phenols is 1. The van der Waals surface area contributed by atoms with E-state index in [-0.39, 0.29) is 27.9 Å². The lowest BCUT2D eigenvalue weighted by molar-refractivity contribution is -0.388. The van der Waals surface area contributed by atoms with Crippen molar-refractivity contribution in [2.75, 3.05) is 11.1 Å². The van der Waals surface area contributed by atoms with Crippen LogP contribution in [0.2, 0.25) is 5.02 Å². The number of hydrogen-bond acceptors (Lipinski definition) is 6. The van der Waals surface area contributed by atoms with Gasteiger partial charge in [-0.3, -0.25) is 20.0 Å². The molecule has 0 aliphatic heterocycles. The van der Waals surface area contributed by atoms with Crippen molar-refractivity contribution in [2.45, 2.75) is 11.9 Å². The van der Waals surface area contributed by atoms with Gasteiger partial charge in [-0.15, -0.1) is 0 Å². The molecule has 8 nitrogen and oxygen atoms in total. The van der Waals surface area contributed by atoms with E-state index in [4.69, 9.17) is 11.6 Å². The number of nitro groups is 1. The van der Waals surface area contributed by atoms with Gasteiger partial charge in [0, 0.05) is 5.02 Å². The monoisotopic (exact) mass is 342 g/mol. The summed E-state index contributed by atoms with van der Waals surface area (Å²) in [6.07, 6.45) is 0. The first kappa shape index (κ1) is 16.1. The number of benzene rings is 1. The lowest BCUT2D eigenvalue weighted by atomic mass is 10.3. The van der Waals surface area contributed by atoms with Crippen LogP contribution in [0.1, 0.15) is 5.69 Å². The third kappa shape index (κ3) is 3.68. The Kier molecular flexibility index (Phi) is 4.88. The Morgan fingerprint density at radius 3 is 3.00 bits per heavy atom. The van der Waals surface area contributed by atoms with E-state index < -0.39 is 10.8 Å². The number of halogens is 1. The van der Waals surface area contributed by atoms with Gasteiger partial charge in [0.25, 0.3) is 0 Å². The summed E-state index contributed by atoms with van der Waals surface area (Å²) in [4.78, 5) is 22.2. The number of aryl methyl sites for hydroxylation is 1. The van der Waals surface area contributed by atoms with E-state index in [0.29, 0.717) is 10.7 Å². The number of carbonyl (C=O) groups excluding carboxylic acids is 1. The second-order valence-corrected chi connectivity index (χ2v) is 5.66. The van der Waals surface area contributed by atoms with E-state index in [0.717, 1.165) is 11.8 Å². The molecule has 0 radical (unpaired) electrons. The van der Waals surface area contributed by atoms with Gasteiger partial charge in [0.2, 0.25) is 5.91 Å². The maximum atomic E-state index is 11.8. The van der Waals surface area contributed by atoms with Crippen molar-refractivity contribution in [2.24, 2.45) is 0 Å². The number of amides is 1. The SMILES string of the molecule is Cc1[nH]nc(SCC(=O)Nc2cc(Cl)ccc2O)c1[N+](=O)[O-]. The van der Waals surface area contributed by atoms with Gasteiger partial charge in [-0.2, -0.15) is 5.10 Å². The highest BCUT2D eigenvalue weighted by Crippen LogP contribution is 2.30. The van der Waals surface area contributed by atoms with Crippen LogP contribution in [0, 0.1) is 17.0 Å². The van der Waals surface area contributed by atoms with E-state index in [2.05, 4.69) is 15.5 Å². The number of aromatic hydroxyl groups is 1. The van der Waals surface area contributed by atoms with Gasteiger partial charge in [0.05, 0.1) is 16.4 Å². The highest BCUT2D eigenvalue weighted by Gasteiger charge is 2.22. The minimum Gasteiger partial charge on any atom is -0.506 e. The van der Waals surface area contributed by atoms with E-state index in [9.17, 15) is 20.0 Å². The maximum absolute atomic E-state index is 11.8. The number of anilines is 1. The zero-order valence-electron chi connectivity index (χ0n) is 11.3. The van der Waals surface area contributed by atoms with E-state index >= 15 is 0 Å². The molecule has 1 aromatic carbocycles. The second-order valence-electron chi connectivity index (χ2n) is 4.26. The standard InChI is InChI=1S/C12H11ClN4O4S/c1-6-11(17(20)21)12(16-15-6)22-5-10(19)14-8-4-7(13)2-3-9(8)18/h2-4,18H,5H2,1H3,(H,14,19)(H,15,16). The van der Waals surface area contributed by atoms with Gasteiger partial charge in [0.15, 0.2) is 5.03 Å². The first-order valence-electron chi connectivity index (χ1n) is 5.99. The van der Waals surface area contributed by atoms with Crippen molar-refractivity contribution >= 4 is 40.6 Å². The Balaban J connectivity index is 2.02. The zero-order chi connectivity index (χ0) is 16.3. The molecule has 10 heteroatoms. The Morgan fingerprint density at radius 2 is 2.32 bits per heavy atom. The lowest BCUT2D eigenvalue weighted by Gasteiger charge is -2.06. The first-order valence-corrected chi connectivity index (χ1v) is 7.35. The molecule has 1 heterocycles. The van der Waals surface area contributed by atoms with Crippen molar-refractivity contribution in [3.05, 3.63) is 39.0 Å². The van der Waals surface area contributed by atoms with E-state index in [1.807, 2.05) is 0 Å². The molecule has 0 spiro atoms. The number of rotatable bonds is 5. The fraction of sp³-hybridized carbons (Fsp3) is 0.167. The van der Waals surface area contributed by atoms with Crippen molar-refractivity contribution < 1.29 is 14.8 Å². The molecule has 0 bridgehead atoms. The summed E-state index contributed by atoms with van der Waals surface area (Å²) in [5.74, 6) is -0.668. The summed E-state index contributed by atoms with van der Waals surface area (Å²) in [5, 5.41) is 29.8. The molecule has 0 unspecified atom stereocenters. The van der Waals surface area contributed by atoms with Gasteiger partial charge in [0.1, 0.15) is 11.4 Å². The van der Waals surface area contributed by atoms with Crippen LogP contribution in [-0.4, -0.2) is 31.9 Å². The molecule has 1 amide bonds. The number of thioether (sulfide) groups is 1. The van der Waals surface area contributed by atoms with Crippen LogP contribution < -0.4 is 5.32 Å². The highest BCUT2D eigenvalue weighted by molar-refractivity contribution is 8.00. The normalized spacial score (nSPS) is 10.5. The Bertz CT molecular complexity index is 734. The quantitative estimate of drug-likeness (QED) is 0.332. The Labute approximate surface area is 134 Å². The number of phenolic OH excluding ortho intramolecular Hbond substituents is 1. The van der Waals surface area contributed by atoms with Crippen LogP contribution in [0.3, 0.4) is 0 Å². The molecule has 22 heavy (non-hydrogen) atoms. The topological polar surface area (TPSA) is 121 Å². The molecule has 116 valence electrons. The molecule has 2 aromatic rings. The van der Waals surface area contributed by atoms with Crippen molar-refractivity contribution in [1.82, 2.24) is 10.2 Å². The number of hydrogen-bond donors (Lipinski definition) is 3. The Morgan fingerprint density at radius 1 is 1.59 bits per heavy atom. The highest BCUT2D eigenvalue weighted by atomic mass is 35.5. The minimum absolute atomic E-state index is 0.100. The van der Waals surface area contributed by atoms with Gasteiger partial charge < -0.3 is 10.4 Å². The molecular formula is C12H11ClN4O4S. The smallest absolute Gasteiger partial charge is 0.323 e. The van der Waals surface area contributed by atoms with Gasteiger partial charge in [-0.1, -0.05) is 23.4 Å². The van der Waals surface area contributed by atoms with Crippen LogP contribution in [0.15, 0.2) is 23.2 Å². The molecule has 0 saturated carbocycles. The summed E-state index contributed by atoms with van der Waals surface area (Å²) >= 11 is 6.70. The van der Waals surface area contributed by atoms with Gasteiger partial charge >= 0.3 is 5.69 Å². The van der Waals surface area contributed by atoms with E-state index in [1.165, 1.54) is 25.1 Å². The molecule has 0 aliphatic rings. The molecule has 1 aromatic heterocycles. The minimum atomic E-state index is -0.554. The number of aromatic amines is 1. The molecule has 0 atom stereocenters. The van der Waals surface area contributed by atoms with E-state index in [1.54, 1.807) is 0 Å². The molecule has 0 saturated heterocycles. The first-order chi connectivity index (χ1) is 10.4. The van der Waals surface area contributed by atoms with Gasteiger partial charge in [-0.25, -0.2) is 0 Å². The van der Waals surface area contributed by atoms with Crippen molar-refractivity contribution in [1.29, 1.82) is 0 Å². The summed E-state index contributed by atoms with van der Waals surface area (Å²) < 4.78 is 0. The van der Waals surface area contributed by atoms with Crippen LogP contribution in [0.25, 0.3) is 0 Å². The third-order valence-electron chi connectivity index (χ3n) is 2.64. The summed E-state index contributed by atoms with van der Waals surface area (Å²) in [5.41, 5.74) is 0.342. The molecular weight excluding hydrogens is 332 g/mol. The maximum Gasteiger partial charge on any atom is 0.323 e. The van der Waals surface area contributed by atoms with Crippen LogP contribution >= 0.6 is 23.4 Å². The third-order valence-corrected chi connectivity index (χ3v) is 3.84. The van der Waals surface area contributed by atoms with Crippen LogP contribution in [-0.2, 0) is 4.79 Å². The van der Waals surface area contributed by atoms with Crippen molar-refractivity contribution in [3.63, 3.8) is 0 Å². The molecule has 0 aliphatic carbocycles. The Hall–Kier alpha value is -2.26. The van der Waals surface area contributed by atoms with Crippen LogP contribution in [0.5, 0.6) is 5.75 Å². The predicted octanol–water partition coefficient (Wildman–Crippen LogP) is 2.72. The summed E-state index contributed by atoms with van der Waals surface area (Å²) in [6.45, 7) is 1.53.